The van der Waals surface area contributed by atoms with E-state index in [1.807, 2.05) is 76.2 Å². The number of H-pyrrole nitrogens is 1. The van der Waals surface area contributed by atoms with E-state index in [9.17, 15) is 4.79 Å². The van der Waals surface area contributed by atoms with Gasteiger partial charge >= 0.3 is 0 Å². The van der Waals surface area contributed by atoms with Gasteiger partial charge in [0.25, 0.3) is 5.56 Å². The average molecular weight is 439 g/mol. The van der Waals surface area contributed by atoms with Crippen molar-refractivity contribution in [2.75, 3.05) is 6.61 Å². The van der Waals surface area contributed by atoms with E-state index in [1.54, 1.807) is 6.21 Å². The van der Waals surface area contributed by atoms with Gasteiger partial charge in [0.15, 0.2) is 11.5 Å². The third-order valence-corrected chi connectivity index (χ3v) is 4.65. The van der Waals surface area contributed by atoms with Crippen LogP contribution in [0.1, 0.15) is 44.5 Å². The minimum Gasteiger partial charge on any atom is -0.490 e. The van der Waals surface area contributed by atoms with Gasteiger partial charge in [-0.2, -0.15) is 14.9 Å². The lowest BCUT2D eigenvalue weighted by Crippen LogP contribution is -2.32. The fourth-order valence-electron chi connectivity index (χ4n) is 2.84. The third-order valence-electron chi connectivity index (χ3n) is 4.39. The van der Waals surface area contributed by atoms with Crippen molar-refractivity contribution in [3.63, 3.8) is 0 Å². The van der Waals surface area contributed by atoms with Crippen LogP contribution in [0.4, 0.5) is 0 Å². The summed E-state index contributed by atoms with van der Waals surface area (Å²) >= 11 is 5.19. The van der Waals surface area contributed by atoms with E-state index in [0.29, 0.717) is 30.4 Å². The lowest BCUT2D eigenvalue weighted by atomic mass is 9.93. The summed E-state index contributed by atoms with van der Waals surface area (Å²) in [4.78, 5) is 12.8. The van der Waals surface area contributed by atoms with Gasteiger partial charge in [0, 0.05) is 5.41 Å². The van der Waals surface area contributed by atoms with Crippen molar-refractivity contribution in [1.82, 2.24) is 14.9 Å². The van der Waals surface area contributed by atoms with Gasteiger partial charge in [-0.15, -0.1) is 0 Å². The molecule has 0 saturated carbocycles. The molecule has 7 nitrogen and oxygen atoms in total. The molecule has 3 rings (SSSR count). The molecule has 0 aliphatic heterocycles. The SMILES string of the molecule is CCOc1cc(/C=N\n2c(=S)[nH]nc(C(C)(C)C)c2=O)ccc1OCc1ccccc1. The van der Waals surface area contributed by atoms with Gasteiger partial charge in [0.1, 0.15) is 12.3 Å². The minimum atomic E-state index is -0.437. The molecule has 162 valence electrons. The van der Waals surface area contributed by atoms with Gasteiger partial charge in [-0.3, -0.25) is 9.89 Å². The standard InChI is InChI=1S/C23H26N4O3S/c1-5-29-19-13-17(11-12-18(19)30-15-16-9-7-6-8-10-16)14-24-27-21(28)20(23(2,3)4)25-26-22(27)31/h6-14H,5,15H2,1-4H3,(H,26,31)/b24-14-. The summed E-state index contributed by atoms with van der Waals surface area (Å²) < 4.78 is 12.9. The van der Waals surface area contributed by atoms with Crippen molar-refractivity contribution in [2.24, 2.45) is 5.10 Å². The smallest absolute Gasteiger partial charge is 0.297 e. The van der Waals surface area contributed by atoms with E-state index in [-0.39, 0.29) is 10.3 Å². The van der Waals surface area contributed by atoms with E-state index in [2.05, 4.69) is 15.3 Å². The van der Waals surface area contributed by atoms with Crippen LogP contribution >= 0.6 is 12.2 Å². The van der Waals surface area contributed by atoms with E-state index >= 15 is 0 Å². The van der Waals surface area contributed by atoms with E-state index in [0.717, 1.165) is 15.8 Å². The first-order chi connectivity index (χ1) is 14.8. The van der Waals surface area contributed by atoms with Gasteiger partial charge < -0.3 is 9.47 Å². The number of rotatable bonds is 7. The average Bonchev–Trinajstić information content (AvgIpc) is 2.73. The number of hydrogen-bond acceptors (Lipinski definition) is 6. The highest BCUT2D eigenvalue weighted by molar-refractivity contribution is 7.71. The monoisotopic (exact) mass is 438 g/mol. The maximum atomic E-state index is 12.8. The van der Waals surface area contributed by atoms with Crippen LogP contribution in [0.2, 0.25) is 0 Å². The number of ether oxygens (including phenoxy) is 2. The highest BCUT2D eigenvalue weighted by Gasteiger charge is 2.21. The van der Waals surface area contributed by atoms with E-state index in [1.165, 1.54) is 0 Å². The minimum absolute atomic E-state index is 0.127. The second-order valence-electron chi connectivity index (χ2n) is 7.90. The molecule has 0 amide bonds. The lowest BCUT2D eigenvalue weighted by molar-refractivity contribution is 0.269. The van der Waals surface area contributed by atoms with Crippen LogP contribution < -0.4 is 15.0 Å². The molecule has 0 atom stereocenters. The van der Waals surface area contributed by atoms with Gasteiger partial charge in [-0.1, -0.05) is 51.1 Å². The molecule has 8 heteroatoms. The highest BCUT2D eigenvalue weighted by atomic mass is 32.1. The maximum Gasteiger partial charge on any atom is 0.297 e. The zero-order valence-corrected chi connectivity index (χ0v) is 18.9. The largest absolute Gasteiger partial charge is 0.490 e. The first kappa shape index (κ1) is 22.4. The molecule has 31 heavy (non-hydrogen) atoms. The fourth-order valence-corrected chi connectivity index (χ4v) is 3.01. The predicted octanol–water partition coefficient (Wildman–Crippen LogP) is 4.46. The summed E-state index contributed by atoms with van der Waals surface area (Å²) in [5.74, 6) is 1.24. The molecule has 0 spiro atoms. The van der Waals surface area contributed by atoms with Crippen LogP contribution in [0.3, 0.4) is 0 Å². The van der Waals surface area contributed by atoms with E-state index in [4.69, 9.17) is 21.7 Å². The second-order valence-corrected chi connectivity index (χ2v) is 8.29. The predicted molar refractivity (Wildman–Crippen MR) is 124 cm³/mol. The molecule has 0 aliphatic carbocycles. The molecule has 1 aromatic heterocycles. The van der Waals surface area contributed by atoms with Crippen LogP contribution in [-0.4, -0.2) is 27.7 Å². The maximum absolute atomic E-state index is 12.8. The summed E-state index contributed by atoms with van der Waals surface area (Å²) in [5, 5.41) is 11.1. The molecule has 0 aliphatic rings. The number of nitrogens with one attached hydrogen (secondary N) is 1. The Morgan fingerprint density at radius 3 is 2.55 bits per heavy atom. The zero-order valence-electron chi connectivity index (χ0n) is 18.1. The summed E-state index contributed by atoms with van der Waals surface area (Å²) in [6, 6.07) is 15.4. The molecular formula is C23H26N4O3S. The van der Waals surface area contributed by atoms with Crippen molar-refractivity contribution in [2.45, 2.75) is 39.7 Å². The highest BCUT2D eigenvalue weighted by Crippen LogP contribution is 2.29. The normalized spacial score (nSPS) is 11.6. The second kappa shape index (κ2) is 9.70. The summed E-state index contributed by atoms with van der Waals surface area (Å²) in [7, 11) is 0. The van der Waals surface area contributed by atoms with Crippen LogP contribution in [0.15, 0.2) is 58.4 Å². The molecule has 0 unspecified atom stereocenters. The zero-order chi connectivity index (χ0) is 22.4. The van der Waals surface area contributed by atoms with E-state index < -0.39 is 5.41 Å². The molecule has 0 radical (unpaired) electrons. The van der Waals surface area contributed by atoms with Crippen LogP contribution in [0.25, 0.3) is 0 Å². The van der Waals surface area contributed by atoms with Crippen molar-refractivity contribution < 1.29 is 9.47 Å². The van der Waals surface area contributed by atoms with Crippen molar-refractivity contribution in [1.29, 1.82) is 0 Å². The van der Waals surface area contributed by atoms with Crippen molar-refractivity contribution >= 4 is 18.4 Å². The number of nitrogens with zero attached hydrogens (tertiary/aromatic N) is 3. The number of benzene rings is 2. The first-order valence-corrected chi connectivity index (χ1v) is 10.4. The summed E-state index contributed by atoms with van der Waals surface area (Å²) in [6.45, 7) is 8.56. The molecule has 1 N–H and O–H groups in total. The molecule has 3 aromatic rings. The third kappa shape index (κ3) is 5.67. The number of aromatic amines is 1. The van der Waals surface area contributed by atoms with Crippen molar-refractivity contribution in [3.05, 3.63) is 80.5 Å². The van der Waals surface area contributed by atoms with Gasteiger partial charge in [0.2, 0.25) is 4.77 Å². The van der Waals surface area contributed by atoms with Crippen LogP contribution in [0, 0.1) is 4.77 Å². The summed E-state index contributed by atoms with van der Waals surface area (Å²) in [5.41, 5.74) is 1.38. The lowest BCUT2D eigenvalue weighted by Gasteiger charge is -2.16. The molecule has 0 bridgehead atoms. The Balaban J connectivity index is 1.87. The Hall–Kier alpha value is -3.26. The molecule has 1 heterocycles. The Bertz CT molecular complexity index is 1180. The molecule has 0 saturated heterocycles. The van der Waals surface area contributed by atoms with Gasteiger partial charge in [-0.25, -0.2) is 0 Å². The summed E-state index contributed by atoms with van der Waals surface area (Å²) in [6.07, 6.45) is 1.56. The Kier molecular flexibility index (Phi) is 7.02. The number of hydrogen-bond donors (Lipinski definition) is 1. The quantitative estimate of drug-likeness (QED) is 0.435. The topological polar surface area (TPSA) is 81.5 Å². The van der Waals surface area contributed by atoms with Gasteiger partial charge in [-0.05, 0) is 48.5 Å². The van der Waals surface area contributed by atoms with Crippen LogP contribution in [-0.2, 0) is 12.0 Å². The fraction of sp³-hybridized carbons (Fsp3) is 0.304. The Labute approximate surface area is 186 Å². The molecule has 2 aromatic carbocycles. The Morgan fingerprint density at radius 2 is 1.87 bits per heavy atom. The molecular weight excluding hydrogens is 412 g/mol. The number of aromatic nitrogens is 3. The van der Waals surface area contributed by atoms with Crippen LogP contribution in [0.5, 0.6) is 11.5 Å². The van der Waals surface area contributed by atoms with Gasteiger partial charge in [0.05, 0.1) is 12.8 Å². The Morgan fingerprint density at radius 1 is 1.13 bits per heavy atom. The molecule has 0 fully saturated rings. The van der Waals surface area contributed by atoms with Crippen molar-refractivity contribution in [3.8, 4) is 11.5 Å². The first-order valence-electron chi connectivity index (χ1n) is 9.99.